The molecule has 212 valence electrons. The maximum Gasteiger partial charge on any atom is 0.326 e. The largest absolute Gasteiger partial charge is 0.480 e. The number of aliphatic hydroxyl groups excluding tert-OH is 2. The molecule has 4 fully saturated rings. The Bertz CT molecular complexity index is 822. The Balaban J connectivity index is 1.36. The molecule has 4 saturated carbocycles. The Hall–Kier alpha value is -1.18. The minimum atomic E-state index is -0.973. The summed E-state index contributed by atoms with van der Waals surface area (Å²) in [6, 6.07) is -0.832. The number of aliphatic hydroxyl groups is 2. The highest BCUT2D eigenvalue weighted by Crippen LogP contribution is 2.68. The highest BCUT2D eigenvalue weighted by molar-refractivity contribution is 5.83. The third-order valence-corrected chi connectivity index (χ3v) is 11.8. The van der Waals surface area contributed by atoms with Crippen molar-refractivity contribution in [2.45, 2.75) is 122 Å². The number of carboxylic acid groups (broad SMARTS) is 1. The highest BCUT2D eigenvalue weighted by atomic mass is 16.4. The average molecular weight is 521 g/mol. The van der Waals surface area contributed by atoms with Crippen LogP contribution in [0.15, 0.2) is 0 Å². The Kier molecular flexibility index (Phi) is 8.97. The zero-order chi connectivity index (χ0) is 27.0. The van der Waals surface area contributed by atoms with E-state index in [4.69, 9.17) is 5.73 Å². The fourth-order valence-corrected chi connectivity index (χ4v) is 9.83. The smallest absolute Gasteiger partial charge is 0.326 e. The summed E-state index contributed by atoms with van der Waals surface area (Å²) in [6.45, 7) is 7.69. The van der Waals surface area contributed by atoms with Crippen LogP contribution in [0.5, 0.6) is 0 Å². The molecule has 0 aliphatic heterocycles. The van der Waals surface area contributed by atoms with Crippen molar-refractivity contribution in [3.8, 4) is 0 Å². The normalized spacial score (nSPS) is 42.7. The van der Waals surface area contributed by atoms with Crippen LogP contribution in [0.3, 0.4) is 0 Å². The van der Waals surface area contributed by atoms with Crippen LogP contribution in [0.2, 0.25) is 0 Å². The van der Waals surface area contributed by atoms with Crippen molar-refractivity contribution in [1.82, 2.24) is 5.32 Å². The van der Waals surface area contributed by atoms with E-state index in [1.165, 1.54) is 25.7 Å². The first-order chi connectivity index (χ1) is 17.5. The molecule has 0 aromatic rings. The molecule has 4 aliphatic rings. The number of aliphatic carboxylic acids is 1. The number of nitrogens with two attached hydrogens (primary N) is 1. The van der Waals surface area contributed by atoms with E-state index in [1.54, 1.807) is 0 Å². The van der Waals surface area contributed by atoms with Gasteiger partial charge < -0.3 is 26.4 Å². The lowest BCUT2D eigenvalue weighted by Gasteiger charge is -2.62. The third-order valence-electron chi connectivity index (χ3n) is 11.8. The van der Waals surface area contributed by atoms with Crippen LogP contribution in [0.25, 0.3) is 0 Å². The summed E-state index contributed by atoms with van der Waals surface area (Å²) in [5, 5.41) is 33.7. The molecule has 7 nitrogen and oxygen atoms in total. The van der Waals surface area contributed by atoms with Crippen LogP contribution >= 0.6 is 0 Å². The van der Waals surface area contributed by atoms with Crippen molar-refractivity contribution in [1.29, 1.82) is 0 Å². The van der Waals surface area contributed by atoms with Crippen molar-refractivity contribution in [2.24, 2.45) is 52.1 Å². The molecule has 0 unspecified atom stereocenters. The predicted octanol–water partition coefficient (Wildman–Crippen LogP) is 4.09. The zero-order valence-corrected chi connectivity index (χ0v) is 23.3. The van der Waals surface area contributed by atoms with Gasteiger partial charge in [0, 0.05) is 6.42 Å². The molecule has 11 atom stereocenters. The van der Waals surface area contributed by atoms with Crippen molar-refractivity contribution in [2.75, 3.05) is 6.54 Å². The van der Waals surface area contributed by atoms with Gasteiger partial charge in [-0.1, -0.05) is 20.8 Å². The van der Waals surface area contributed by atoms with Gasteiger partial charge in [0.25, 0.3) is 0 Å². The molecule has 0 radical (unpaired) electrons. The SMILES string of the molecule is C[C@H](CCC(=O)N[C@@H](CCCCN)C(=O)O)[C@H]1CC[C@H]2[C@@H]3C[C@H](O)[C@@H]4C[C@H](O)CC[C@]4(C)[C@H]3CC[C@]12C. The summed E-state index contributed by atoms with van der Waals surface area (Å²) in [4.78, 5) is 24.2. The first-order valence-electron chi connectivity index (χ1n) is 15.1. The molecule has 7 heteroatoms. The van der Waals surface area contributed by atoms with E-state index in [0.29, 0.717) is 55.4 Å². The van der Waals surface area contributed by atoms with Crippen molar-refractivity contribution in [3.05, 3.63) is 0 Å². The van der Waals surface area contributed by atoms with Crippen molar-refractivity contribution < 1.29 is 24.9 Å². The number of hydrogen-bond acceptors (Lipinski definition) is 5. The van der Waals surface area contributed by atoms with Crippen LogP contribution in [0.1, 0.15) is 104 Å². The summed E-state index contributed by atoms with van der Waals surface area (Å²) in [5.74, 6) is 1.85. The first kappa shape index (κ1) is 28.8. The van der Waals surface area contributed by atoms with E-state index in [1.807, 2.05) is 0 Å². The second-order valence-electron chi connectivity index (χ2n) is 13.7. The van der Waals surface area contributed by atoms with Gasteiger partial charge in [0.15, 0.2) is 0 Å². The summed E-state index contributed by atoms with van der Waals surface area (Å²) in [5.41, 5.74) is 5.89. The standard InChI is InChI=1S/C30H52N2O5/c1-18(7-10-27(35)32-25(28(36)37)6-4-5-15-31)21-8-9-22-20-17-26(34)24-16-19(33)11-13-30(24,3)23(20)12-14-29(21,22)2/h18-26,33-34H,4-17,31H2,1-3H3,(H,32,35)(H,36,37)/t18-,19-,20+,21-,22+,23+,24+,25+,26+,29-,30-/m1/s1. The van der Waals surface area contributed by atoms with Crippen LogP contribution in [-0.2, 0) is 9.59 Å². The van der Waals surface area contributed by atoms with Gasteiger partial charge in [-0.2, -0.15) is 0 Å². The molecule has 0 aromatic heterocycles. The lowest BCUT2D eigenvalue weighted by molar-refractivity contribution is -0.172. The third kappa shape index (κ3) is 5.60. The molecule has 1 amide bonds. The van der Waals surface area contributed by atoms with E-state index in [2.05, 4.69) is 26.1 Å². The van der Waals surface area contributed by atoms with Crippen molar-refractivity contribution >= 4 is 11.9 Å². The number of carbonyl (C=O) groups is 2. The molecule has 37 heavy (non-hydrogen) atoms. The van der Waals surface area contributed by atoms with Gasteiger partial charge in [0.05, 0.1) is 12.2 Å². The van der Waals surface area contributed by atoms with Crippen molar-refractivity contribution in [3.63, 3.8) is 0 Å². The molecule has 0 aromatic carbocycles. The van der Waals surface area contributed by atoms with Gasteiger partial charge in [-0.05, 0) is 130 Å². The molecule has 0 spiro atoms. The highest BCUT2D eigenvalue weighted by Gasteiger charge is 2.62. The summed E-state index contributed by atoms with van der Waals surface area (Å²) < 4.78 is 0. The van der Waals surface area contributed by atoms with Gasteiger partial charge in [-0.3, -0.25) is 4.79 Å². The first-order valence-corrected chi connectivity index (χ1v) is 15.1. The molecule has 0 heterocycles. The molecular weight excluding hydrogens is 468 g/mol. The number of fused-ring (bicyclic) bond motifs is 5. The quantitative estimate of drug-likeness (QED) is 0.276. The maximum atomic E-state index is 12.6. The minimum absolute atomic E-state index is 0.134. The average Bonchev–Trinajstić information content (AvgIpc) is 3.20. The Labute approximate surface area is 223 Å². The van der Waals surface area contributed by atoms with Gasteiger partial charge in [0.1, 0.15) is 6.04 Å². The number of carboxylic acids is 1. The van der Waals surface area contributed by atoms with E-state index in [9.17, 15) is 24.9 Å². The molecule has 0 saturated heterocycles. The molecule has 4 rings (SSSR count). The van der Waals surface area contributed by atoms with Gasteiger partial charge in [0.2, 0.25) is 5.91 Å². The Morgan fingerprint density at radius 2 is 1.65 bits per heavy atom. The lowest BCUT2D eigenvalue weighted by Crippen LogP contribution is -2.58. The van der Waals surface area contributed by atoms with E-state index in [-0.39, 0.29) is 34.9 Å². The summed E-state index contributed by atoms with van der Waals surface area (Å²) in [6.07, 6.45) is 10.8. The summed E-state index contributed by atoms with van der Waals surface area (Å²) in [7, 11) is 0. The lowest BCUT2D eigenvalue weighted by atomic mass is 9.44. The molecular formula is C30H52N2O5. The molecule has 0 bridgehead atoms. The van der Waals surface area contributed by atoms with E-state index < -0.39 is 12.0 Å². The maximum absolute atomic E-state index is 12.6. The van der Waals surface area contributed by atoms with Gasteiger partial charge >= 0.3 is 5.97 Å². The fraction of sp³-hybridized carbons (Fsp3) is 0.933. The van der Waals surface area contributed by atoms with Crippen LogP contribution in [0.4, 0.5) is 0 Å². The van der Waals surface area contributed by atoms with E-state index >= 15 is 0 Å². The number of unbranched alkanes of at least 4 members (excludes halogenated alkanes) is 1. The molecule has 6 N–H and O–H groups in total. The number of nitrogens with one attached hydrogen (secondary N) is 1. The second kappa shape index (κ2) is 11.5. The number of rotatable bonds is 10. The van der Waals surface area contributed by atoms with E-state index in [0.717, 1.165) is 38.5 Å². The Morgan fingerprint density at radius 3 is 2.35 bits per heavy atom. The Morgan fingerprint density at radius 1 is 0.946 bits per heavy atom. The predicted molar refractivity (Wildman–Crippen MR) is 143 cm³/mol. The number of carbonyl (C=O) groups excluding carboxylic acids is 1. The van der Waals surface area contributed by atoms with Gasteiger partial charge in [-0.25, -0.2) is 4.79 Å². The van der Waals surface area contributed by atoms with Crippen LogP contribution in [0, 0.1) is 46.3 Å². The van der Waals surface area contributed by atoms with Crippen LogP contribution < -0.4 is 11.1 Å². The number of amides is 1. The summed E-state index contributed by atoms with van der Waals surface area (Å²) >= 11 is 0. The zero-order valence-electron chi connectivity index (χ0n) is 23.3. The minimum Gasteiger partial charge on any atom is -0.480 e. The second-order valence-corrected chi connectivity index (χ2v) is 13.7. The number of hydrogen-bond donors (Lipinski definition) is 5. The monoisotopic (exact) mass is 520 g/mol. The van der Waals surface area contributed by atoms with Crippen LogP contribution in [-0.4, -0.2) is 52.0 Å². The topological polar surface area (TPSA) is 133 Å². The fourth-order valence-electron chi connectivity index (χ4n) is 9.83. The molecule has 4 aliphatic carbocycles. The van der Waals surface area contributed by atoms with Gasteiger partial charge in [-0.15, -0.1) is 0 Å².